The molecule has 0 aliphatic carbocycles. The number of hydrogen-bond donors (Lipinski definition) is 3. The minimum absolute atomic E-state index is 0.315. The van der Waals surface area contributed by atoms with E-state index in [0.717, 1.165) is 22.3 Å². The van der Waals surface area contributed by atoms with Crippen molar-refractivity contribution in [3.8, 4) is 0 Å². The monoisotopic (exact) mass is 403 g/mol. The number of carbonyl (C=O) groups is 1. The van der Waals surface area contributed by atoms with E-state index in [-0.39, 0.29) is 0 Å². The number of anilines is 4. The van der Waals surface area contributed by atoms with Crippen LogP contribution in [0.3, 0.4) is 0 Å². The number of nitrogens with one attached hydrogen (secondary N) is 2. The van der Waals surface area contributed by atoms with Crippen molar-refractivity contribution in [2.45, 2.75) is 6.92 Å². The van der Waals surface area contributed by atoms with Crippen molar-refractivity contribution in [1.82, 2.24) is 25.2 Å². The van der Waals surface area contributed by atoms with Gasteiger partial charge in [0, 0.05) is 48.3 Å². The molecular formula is C21H21N7O2. The second-order valence-corrected chi connectivity index (χ2v) is 6.85. The molecule has 2 aromatic heterocycles. The first kappa shape index (κ1) is 19.3. The van der Waals surface area contributed by atoms with Gasteiger partial charge in [-0.2, -0.15) is 10.1 Å². The molecule has 0 aliphatic rings. The Morgan fingerprint density at radius 2 is 2.00 bits per heavy atom. The lowest BCUT2D eigenvalue weighted by Crippen LogP contribution is -2.18. The molecule has 0 fully saturated rings. The number of nitrogens with zero attached hydrogens (tertiary/aromatic N) is 5. The normalized spacial score (nSPS) is 10.8. The Balaban J connectivity index is 1.59. The molecule has 9 nitrogen and oxygen atoms in total. The highest BCUT2D eigenvalue weighted by Gasteiger charge is 2.11. The fourth-order valence-electron chi connectivity index (χ4n) is 3.19. The molecule has 4 aromatic rings. The van der Waals surface area contributed by atoms with Crippen LogP contribution >= 0.6 is 0 Å². The van der Waals surface area contributed by atoms with Gasteiger partial charge >= 0.3 is 0 Å². The second kappa shape index (κ2) is 7.80. The predicted molar refractivity (Wildman–Crippen MR) is 115 cm³/mol. The summed E-state index contributed by atoms with van der Waals surface area (Å²) in [6.07, 6.45) is 1.66. The molecule has 0 unspecified atom stereocenters. The number of hydroxylamine groups is 1. The quantitative estimate of drug-likeness (QED) is 0.347. The summed E-state index contributed by atoms with van der Waals surface area (Å²) in [6, 6.07) is 14.6. The van der Waals surface area contributed by atoms with Gasteiger partial charge in [-0.25, -0.2) is 10.5 Å². The summed E-state index contributed by atoms with van der Waals surface area (Å²) in [5.41, 5.74) is 5.55. The first-order chi connectivity index (χ1) is 14.5. The molecule has 0 atom stereocenters. The lowest BCUT2D eigenvalue weighted by Gasteiger charge is -2.19. The third-order valence-electron chi connectivity index (χ3n) is 4.97. The van der Waals surface area contributed by atoms with Gasteiger partial charge in [0.15, 0.2) is 0 Å². The van der Waals surface area contributed by atoms with Crippen molar-refractivity contribution in [2.24, 2.45) is 7.05 Å². The van der Waals surface area contributed by atoms with Crippen LogP contribution in [0.15, 0.2) is 54.7 Å². The van der Waals surface area contributed by atoms with Gasteiger partial charge in [0.25, 0.3) is 5.91 Å². The SMILES string of the molecule is Cc1c2ccc(N(C)c3ccnc(Nc4cccc(C(=O)NO)c4)n3)cc2nn1C. The zero-order valence-corrected chi connectivity index (χ0v) is 16.8. The summed E-state index contributed by atoms with van der Waals surface area (Å²) in [5, 5.41) is 17.5. The molecule has 1 amide bonds. The summed E-state index contributed by atoms with van der Waals surface area (Å²) in [4.78, 5) is 22.4. The van der Waals surface area contributed by atoms with Crippen LogP contribution in [-0.2, 0) is 7.05 Å². The lowest BCUT2D eigenvalue weighted by molar-refractivity contribution is 0.0706. The van der Waals surface area contributed by atoms with Crippen LogP contribution < -0.4 is 15.7 Å². The number of aryl methyl sites for hydroxylation is 2. The zero-order chi connectivity index (χ0) is 21.3. The molecule has 30 heavy (non-hydrogen) atoms. The maximum absolute atomic E-state index is 11.6. The molecule has 152 valence electrons. The third-order valence-corrected chi connectivity index (χ3v) is 4.97. The topological polar surface area (TPSA) is 108 Å². The first-order valence-electron chi connectivity index (χ1n) is 9.28. The van der Waals surface area contributed by atoms with Crippen LogP contribution in [0, 0.1) is 6.92 Å². The Morgan fingerprint density at radius 3 is 2.80 bits per heavy atom. The number of amides is 1. The molecule has 2 heterocycles. The average Bonchev–Trinajstić information content (AvgIpc) is 3.06. The van der Waals surface area contributed by atoms with Gasteiger partial charge < -0.3 is 10.2 Å². The fraction of sp³-hybridized carbons (Fsp3) is 0.143. The molecular weight excluding hydrogens is 382 g/mol. The lowest BCUT2D eigenvalue weighted by atomic mass is 10.2. The highest BCUT2D eigenvalue weighted by atomic mass is 16.5. The van der Waals surface area contributed by atoms with Gasteiger partial charge in [-0.3, -0.25) is 14.7 Å². The van der Waals surface area contributed by atoms with E-state index >= 15 is 0 Å². The fourth-order valence-corrected chi connectivity index (χ4v) is 3.19. The number of aromatic nitrogens is 4. The van der Waals surface area contributed by atoms with E-state index < -0.39 is 5.91 Å². The van der Waals surface area contributed by atoms with Crippen molar-refractivity contribution in [2.75, 3.05) is 17.3 Å². The van der Waals surface area contributed by atoms with E-state index in [1.54, 1.807) is 35.9 Å². The molecule has 0 spiro atoms. The van der Waals surface area contributed by atoms with E-state index in [2.05, 4.69) is 26.4 Å². The molecule has 3 N–H and O–H groups in total. The number of fused-ring (bicyclic) bond motifs is 1. The first-order valence-corrected chi connectivity index (χ1v) is 9.28. The van der Waals surface area contributed by atoms with E-state index in [0.29, 0.717) is 23.0 Å². The van der Waals surface area contributed by atoms with Crippen molar-refractivity contribution >= 4 is 40.0 Å². The van der Waals surface area contributed by atoms with Crippen molar-refractivity contribution in [3.63, 3.8) is 0 Å². The summed E-state index contributed by atoms with van der Waals surface area (Å²) in [7, 11) is 3.86. The van der Waals surface area contributed by atoms with Crippen LogP contribution in [0.1, 0.15) is 16.1 Å². The van der Waals surface area contributed by atoms with E-state index in [1.807, 2.05) is 48.8 Å². The molecule has 4 rings (SSSR count). The van der Waals surface area contributed by atoms with E-state index in [4.69, 9.17) is 5.21 Å². The van der Waals surface area contributed by atoms with Crippen LogP contribution in [-0.4, -0.2) is 37.9 Å². The number of rotatable bonds is 5. The Labute approximate surface area is 173 Å². The van der Waals surface area contributed by atoms with Gasteiger partial charge in [-0.15, -0.1) is 0 Å². The summed E-state index contributed by atoms with van der Waals surface area (Å²) < 4.78 is 1.87. The van der Waals surface area contributed by atoms with Crippen LogP contribution in [0.5, 0.6) is 0 Å². The molecule has 0 saturated heterocycles. The standard InChI is InChI=1S/C21H21N7O2/c1-13-17-8-7-16(12-18(17)25-28(13)3)27(2)19-9-10-22-21(24-19)23-15-6-4-5-14(11-15)20(29)26-30/h4-12,30H,1-3H3,(H,26,29)(H,22,23,24). The van der Waals surface area contributed by atoms with Crippen molar-refractivity contribution < 1.29 is 10.0 Å². The summed E-state index contributed by atoms with van der Waals surface area (Å²) >= 11 is 0. The molecule has 2 aromatic carbocycles. The molecule has 0 aliphatic heterocycles. The Hall–Kier alpha value is -3.98. The molecule has 9 heteroatoms. The molecule has 0 radical (unpaired) electrons. The highest BCUT2D eigenvalue weighted by Crippen LogP contribution is 2.27. The minimum Gasteiger partial charge on any atom is -0.329 e. The van der Waals surface area contributed by atoms with Gasteiger partial charge in [0.2, 0.25) is 5.95 Å². The van der Waals surface area contributed by atoms with E-state index in [1.165, 1.54) is 0 Å². The maximum atomic E-state index is 11.6. The minimum atomic E-state index is -0.590. The molecule has 0 saturated carbocycles. The maximum Gasteiger partial charge on any atom is 0.274 e. The van der Waals surface area contributed by atoms with Crippen molar-refractivity contribution in [3.05, 3.63) is 66.0 Å². The second-order valence-electron chi connectivity index (χ2n) is 6.85. The van der Waals surface area contributed by atoms with Crippen LogP contribution in [0.25, 0.3) is 10.9 Å². The van der Waals surface area contributed by atoms with Gasteiger partial charge in [0.1, 0.15) is 5.82 Å². The highest BCUT2D eigenvalue weighted by molar-refractivity contribution is 5.94. The summed E-state index contributed by atoms with van der Waals surface area (Å²) in [5.74, 6) is 0.493. The zero-order valence-electron chi connectivity index (χ0n) is 16.8. The largest absolute Gasteiger partial charge is 0.329 e. The van der Waals surface area contributed by atoms with Gasteiger partial charge in [-0.05, 0) is 49.4 Å². The predicted octanol–water partition coefficient (Wildman–Crippen LogP) is 3.30. The van der Waals surface area contributed by atoms with E-state index in [9.17, 15) is 4.79 Å². The number of benzene rings is 2. The third kappa shape index (κ3) is 3.65. The number of hydrogen-bond acceptors (Lipinski definition) is 7. The number of carbonyl (C=O) groups excluding carboxylic acids is 1. The summed E-state index contributed by atoms with van der Waals surface area (Å²) in [6.45, 7) is 2.04. The average molecular weight is 403 g/mol. The molecule has 0 bridgehead atoms. The Kier molecular flexibility index (Phi) is 5.03. The van der Waals surface area contributed by atoms with Crippen LogP contribution in [0.4, 0.5) is 23.1 Å². The van der Waals surface area contributed by atoms with Gasteiger partial charge in [-0.1, -0.05) is 6.07 Å². The van der Waals surface area contributed by atoms with Crippen LogP contribution in [0.2, 0.25) is 0 Å². The van der Waals surface area contributed by atoms with Gasteiger partial charge in [0.05, 0.1) is 5.52 Å². The Bertz CT molecular complexity index is 1240. The Morgan fingerprint density at radius 1 is 1.17 bits per heavy atom. The smallest absolute Gasteiger partial charge is 0.274 e. The van der Waals surface area contributed by atoms with Crippen molar-refractivity contribution in [1.29, 1.82) is 0 Å².